The minimum absolute atomic E-state index is 0.256. The summed E-state index contributed by atoms with van der Waals surface area (Å²) in [4.78, 5) is 10.5. The highest BCUT2D eigenvalue weighted by atomic mass is 15.2. The van der Waals surface area contributed by atoms with Gasteiger partial charge in [0.15, 0.2) is 0 Å². The average Bonchev–Trinajstić information content (AvgIpc) is 2.24. The third-order valence-corrected chi connectivity index (χ3v) is 2.04. The van der Waals surface area contributed by atoms with Crippen molar-refractivity contribution in [2.24, 2.45) is 0 Å². The topological polar surface area (TPSA) is 64.8 Å². The molecule has 0 radical (unpaired) electrons. The standard InChI is InChI=1S/C10H15N5/c1-4-15(3)10-7-9(12-6-5-11)13-8(2)14-10/h7H,4,6H2,1-3H3,(H,12,13,14). The summed E-state index contributed by atoms with van der Waals surface area (Å²) in [5.74, 6) is 2.26. The first-order valence-corrected chi connectivity index (χ1v) is 4.85. The smallest absolute Gasteiger partial charge is 0.134 e. The first kappa shape index (κ1) is 11.2. The largest absolute Gasteiger partial charge is 0.360 e. The minimum Gasteiger partial charge on any atom is -0.360 e. The van der Waals surface area contributed by atoms with Crippen molar-refractivity contribution in [2.75, 3.05) is 30.4 Å². The van der Waals surface area contributed by atoms with Gasteiger partial charge in [-0.2, -0.15) is 5.26 Å². The Balaban J connectivity index is 2.90. The van der Waals surface area contributed by atoms with Gasteiger partial charge in [0.05, 0.1) is 6.07 Å². The summed E-state index contributed by atoms with van der Waals surface area (Å²) < 4.78 is 0. The maximum absolute atomic E-state index is 8.46. The molecule has 0 unspecified atom stereocenters. The zero-order chi connectivity index (χ0) is 11.3. The quantitative estimate of drug-likeness (QED) is 0.748. The number of aryl methyl sites for hydroxylation is 1. The van der Waals surface area contributed by atoms with Gasteiger partial charge in [-0.15, -0.1) is 0 Å². The number of hydrogen-bond donors (Lipinski definition) is 1. The van der Waals surface area contributed by atoms with E-state index in [1.807, 2.05) is 31.0 Å². The highest BCUT2D eigenvalue weighted by molar-refractivity contribution is 5.49. The van der Waals surface area contributed by atoms with Gasteiger partial charge in [0.1, 0.15) is 24.0 Å². The third kappa shape index (κ3) is 3.09. The lowest BCUT2D eigenvalue weighted by atomic mass is 10.4. The van der Waals surface area contributed by atoms with Crippen molar-refractivity contribution in [1.29, 1.82) is 5.26 Å². The van der Waals surface area contributed by atoms with Crippen molar-refractivity contribution in [3.8, 4) is 6.07 Å². The van der Waals surface area contributed by atoms with E-state index in [4.69, 9.17) is 5.26 Å². The maximum atomic E-state index is 8.46. The van der Waals surface area contributed by atoms with Crippen LogP contribution in [0.15, 0.2) is 6.07 Å². The summed E-state index contributed by atoms with van der Waals surface area (Å²) in [5, 5.41) is 11.4. The molecule has 0 saturated carbocycles. The SMILES string of the molecule is CCN(C)c1cc(NCC#N)nc(C)n1. The van der Waals surface area contributed by atoms with E-state index in [0.717, 1.165) is 12.4 Å². The van der Waals surface area contributed by atoms with Crippen LogP contribution in [0.4, 0.5) is 11.6 Å². The molecule has 0 bridgehead atoms. The van der Waals surface area contributed by atoms with Gasteiger partial charge >= 0.3 is 0 Å². The summed E-state index contributed by atoms with van der Waals surface area (Å²) in [6, 6.07) is 3.85. The fourth-order valence-electron chi connectivity index (χ4n) is 1.13. The molecule has 0 aliphatic heterocycles. The lowest BCUT2D eigenvalue weighted by molar-refractivity contribution is 0.912. The van der Waals surface area contributed by atoms with Gasteiger partial charge in [-0.1, -0.05) is 0 Å². The highest BCUT2D eigenvalue weighted by Gasteiger charge is 2.04. The van der Waals surface area contributed by atoms with Crippen LogP contribution in [-0.4, -0.2) is 30.1 Å². The Morgan fingerprint density at radius 3 is 2.87 bits per heavy atom. The van der Waals surface area contributed by atoms with E-state index >= 15 is 0 Å². The zero-order valence-electron chi connectivity index (χ0n) is 9.28. The predicted molar refractivity (Wildman–Crippen MR) is 59.8 cm³/mol. The molecule has 0 aromatic carbocycles. The zero-order valence-corrected chi connectivity index (χ0v) is 9.28. The molecule has 0 aliphatic carbocycles. The lowest BCUT2D eigenvalue weighted by Crippen LogP contribution is -2.18. The van der Waals surface area contributed by atoms with Crippen molar-refractivity contribution in [1.82, 2.24) is 9.97 Å². The molecular formula is C10H15N5. The Bertz CT molecular complexity index is 369. The van der Waals surface area contributed by atoms with Gasteiger partial charge in [0, 0.05) is 19.7 Å². The van der Waals surface area contributed by atoms with E-state index in [1.54, 1.807) is 0 Å². The second-order valence-electron chi connectivity index (χ2n) is 3.18. The van der Waals surface area contributed by atoms with Crippen LogP contribution in [0.25, 0.3) is 0 Å². The van der Waals surface area contributed by atoms with Crippen LogP contribution >= 0.6 is 0 Å². The second-order valence-corrected chi connectivity index (χ2v) is 3.18. The molecule has 0 fully saturated rings. The molecule has 1 aromatic rings. The van der Waals surface area contributed by atoms with E-state index in [1.165, 1.54) is 0 Å². The summed E-state index contributed by atoms with van der Waals surface area (Å²) in [6.07, 6.45) is 0. The molecule has 15 heavy (non-hydrogen) atoms. The van der Waals surface area contributed by atoms with E-state index in [0.29, 0.717) is 11.6 Å². The van der Waals surface area contributed by atoms with Gasteiger partial charge in [-0.25, -0.2) is 9.97 Å². The van der Waals surface area contributed by atoms with E-state index in [2.05, 4.69) is 22.2 Å². The fraction of sp³-hybridized carbons (Fsp3) is 0.500. The summed E-state index contributed by atoms with van der Waals surface area (Å²) >= 11 is 0. The van der Waals surface area contributed by atoms with Crippen LogP contribution in [0, 0.1) is 18.3 Å². The second kappa shape index (κ2) is 5.15. The molecule has 5 heteroatoms. The van der Waals surface area contributed by atoms with Crippen molar-refractivity contribution in [2.45, 2.75) is 13.8 Å². The van der Waals surface area contributed by atoms with E-state index in [-0.39, 0.29) is 6.54 Å². The normalized spacial score (nSPS) is 9.47. The Hall–Kier alpha value is -1.83. The molecule has 1 rings (SSSR count). The van der Waals surface area contributed by atoms with E-state index < -0.39 is 0 Å². The van der Waals surface area contributed by atoms with Crippen LogP contribution in [0.5, 0.6) is 0 Å². The van der Waals surface area contributed by atoms with Crippen LogP contribution in [0.1, 0.15) is 12.7 Å². The minimum atomic E-state index is 0.256. The molecule has 1 N–H and O–H groups in total. The Morgan fingerprint density at radius 1 is 1.53 bits per heavy atom. The van der Waals surface area contributed by atoms with Crippen molar-refractivity contribution < 1.29 is 0 Å². The number of nitrogens with zero attached hydrogens (tertiary/aromatic N) is 4. The summed E-state index contributed by atoms with van der Waals surface area (Å²) in [6.45, 7) is 5.03. The van der Waals surface area contributed by atoms with Crippen molar-refractivity contribution in [3.63, 3.8) is 0 Å². The first-order chi connectivity index (χ1) is 7.17. The molecule has 0 atom stereocenters. The number of anilines is 2. The molecule has 0 amide bonds. The van der Waals surface area contributed by atoms with Crippen LogP contribution in [0.3, 0.4) is 0 Å². The first-order valence-electron chi connectivity index (χ1n) is 4.85. The monoisotopic (exact) mass is 205 g/mol. The third-order valence-electron chi connectivity index (χ3n) is 2.04. The van der Waals surface area contributed by atoms with Gasteiger partial charge in [-0.05, 0) is 13.8 Å². The van der Waals surface area contributed by atoms with Gasteiger partial charge in [-0.3, -0.25) is 0 Å². The summed E-state index contributed by atoms with van der Waals surface area (Å²) in [5.41, 5.74) is 0. The predicted octanol–water partition coefficient (Wildman–Crippen LogP) is 1.18. The van der Waals surface area contributed by atoms with Gasteiger partial charge in [0.2, 0.25) is 0 Å². The molecular weight excluding hydrogens is 190 g/mol. The number of nitrogens with one attached hydrogen (secondary N) is 1. The molecule has 1 aromatic heterocycles. The Morgan fingerprint density at radius 2 is 2.27 bits per heavy atom. The molecule has 5 nitrogen and oxygen atoms in total. The van der Waals surface area contributed by atoms with Crippen molar-refractivity contribution in [3.05, 3.63) is 11.9 Å². The van der Waals surface area contributed by atoms with Crippen LogP contribution in [-0.2, 0) is 0 Å². The van der Waals surface area contributed by atoms with Gasteiger partial charge < -0.3 is 10.2 Å². The fourth-order valence-corrected chi connectivity index (χ4v) is 1.13. The molecule has 0 spiro atoms. The molecule has 80 valence electrons. The number of nitriles is 1. The van der Waals surface area contributed by atoms with Gasteiger partial charge in [0.25, 0.3) is 0 Å². The highest BCUT2D eigenvalue weighted by Crippen LogP contribution is 2.13. The van der Waals surface area contributed by atoms with Crippen LogP contribution in [0.2, 0.25) is 0 Å². The Kier molecular flexibility index (Phi) is 3.86. The molecule has 0 saturated heterocycles. The maximum Gasteiger partial charge on any atom is 0.134 e. The van der Waals surface area contributed by atoms with Crippen LogP contribution < -0.4 is 10.2 Å². The average molecular weight is 205 g/mol. The molecule has 0 aliphatic rings. The van der Waals surface area contributed by atoms with E-state index in [9.17, 15) is 0 Å². The molecule has 1 heterocycles. The number of rotatable bonds is 4. The lowest BCUT2D eigenvalue weighted by Gasteiger charge is -2.16. The number of hydrogen-bond acceptors (Lipinski definition) is 5. The summed E-state index contributed by atoms with van der Waals surface area (Å²) in [7, 11) is 1.97. The van der Waals surface area contributed by atoms with Crippen molar-refractivity contribution >= 4 is 11.6 Å². The Labute approximate surface area is 89.8 Å². The number of aromatic nitrogens is 2.